The number of fused-ring (bicyclic) bond motifs is 1. The summed E-state index contributed by atoms with van der Waals surface area (Å²) in [7, 11) is -4.54. The molecule has 0 unspecified atom stereocenters. The average molecular weight is 695 g/mol. The van der Waals surface area contributed by atoms with Crippen molar-refractivity contribution in [2.24, 2.45) is 0 Å². The largest absolute Gasteiger partial charge is 0.744 e. The van der Waals surface area contributed by atoms with Crippen LogP contribution in [-0.4, -0.2) is 18.9 Å². The third kappa shape index (κ3) is 3.99. The van der Waals surface area contributed by atoms with Gasteiger partial charge in [0.05, 0.1) is 10.5 Å². The van der Waals surface area contributed by atoms with Gasteiger partial charge in [-0.25, -0.2) is 13.2 Å². The molecule has 0 fully saturated rings. The maximum Gasteiger partial charge on any atom is 0.345 e. The van der Waals surface area contributed by atoms with Crippen LogP contribution in [0.2, 0.25) is 0 Å². The fourth-order valence-corrected chi connectivity index (χ4v) is 5.92. The van der Waals surface area contributed by atoms with Crippen LogP contribution in [0.25, 0.3) is 0 Å². The molecule has 2 aromatic carbocycles. The zero-order valence-corrected chi connectivity index (χ0v) is 19.8. The Morgan fingerprint density at radius 3 is 2.32 bits per heavy atom. The molecule has 5 nitrogen and oxygen atoms in total. The third-order valence-corrected chi connectivity index (χ3v) is 8.79. The number of carbonyl (C=O) groups is 1. The van der Waals surface area contributed by atoms with Crippen molar-refractivity contribution in [3.8, 4) is 5.75 Å². The first-order valence-corrected chi connectivity index (χ1v) is 11.8. The Balaban J connectivity index is 2.02. The zero-order chi connectivity index (χ0) is 18.4. The number of halogens is 3. The molecule has 0 heterocycles. The fraction of sp³-hybridized carbons (Fsp3) is 0.188. The molecule has 0 atom stereocenters. The van der Waals surface area contributed by atoms with E-state index in [1.165, 1.54) is 12.1 Å². The van der Waals surface area contributed by atoms with Crippen molar-refractivity contribution in [2.45, 2.75) is 24.2 Å². The van der Waals surface area contributed by atoms with Gasteiger partial charge in [0.2, 0.25) is 0 Å². The van der Waals surface area contributed by atoms with E-state index in [-0.39, 0.29) is 4.90 Å². The number of ether oxygens (including phenoxy) is 1. The highest BCUT2D eigenvalue weighted by Crippen LogP contribution is 2.36. The second-order valence-corrected chi connectivity index (χ2v) is 10.2. The van der Waals surface area contributed by atoms with Crippen LogP contribution in [0.5, 0.6) is 5.75 Å². The lowest BCUT2D eigenvalue weighted by molar-refractivity contribution is 0.0731. The zero-order valence-electron chi connectivity index (χ0n) is 12.5. The number of hydrogen-bond acceptors (Lipinski definition) is 5. The summed E-state index contributed by atoms with van der Waals surface area (Å²) in [6, 6.07) is 6.41. The standard InChI is InChI=1S/C16H11I3O5S/c17-10-4-5-11(18)15(19)14(10)16(20)24-12-6-7-13(25(21,22)23)9-3-1-2-8(9)12/h4-7H,1-3H2,(H,21,22,23)/p-1. The molecule has 0 amide bonds. The monoisotopic (exact) mass is 695 g/mol. The number of hydrogen-bond donors (Lipinski definition) is 0. The van der Waals surface area contributed by atoms with E-state index >= 15 is 0 Å². The van der Waals surface area contributed by atoms with Gasteiger partial charge in [0.25, 0.3) is 0 Å². The van der Waals surface area contributed by atoms with E-state index in [0.29, 0.717) is 35.3 Å². The molecule has 0 aliphatic heterocycles. The van der Waals surface area contributed by atoms with E-state index in [1.54, 1.807) is 0 Å². The van der Waals surface area contributed by atoms with Crippen molar-refractivity contribution < 1.29 is 22.5 Å². The summed E-state index contributed by atoms with van der Waals surface area (Å²) in [5, 5.41) is 0. The molecule has 9 heteroatoms. The summed E-state index contributed by atoms with van der Waals surface area (Å²) >= 11 is 6.34. The SMILES string of the molecule is O=C(Oc1ccc(S(=O)(=O)[O-])c2c1CCC2)c1c(I)ccc(I)c1I. The number of carbonyl (C=O) groups excluding carboxylic acids is 1. The second kappa shape index (κ2) is 7.56. The number of benzene rings is 2. The Kier molecular flexibility index (Phi) is 5.98. The molecule has 1 aliphatic rings. The first-order valence-electron chi connectivity index (χ1n) is 7.16. The Morgan fingerprint density at radius 2 is 1.64 bits per heavy atom. The molecule has 3 rings (SSSR count). The van der Waals surface area contributed by atoms with E-state index in [2.05, 4.69) is 67.8 Å². The maximum atomic E-state index is 12.7. The van der Waals surface area contributed by atoms with Crippen molar-refractivity contribution in [2.75, 3.05) is 0 Å². The normalized spacial score (nSPS) is 13.6. The number of rotatable bonds is 3. The summed E-state index contributed by atoms with van der Waals surface area (Å²) in [6.07, 6.45) is 1.81. The molecule has 0 N–H and O–H groups in total. The van der Waals surface area contributed by atoms with E-state index in [4.69, 9.17) is 4.74 Å². The Hall–Kier alpha value is 0.0100. The smallest absolute Gasteiger partial charge is 0.345 e. The summed E-state index contributed by atoms with van der Waals surface area (Å²) in [6.45, 7) is 0. The molecule has 0 saturated carbocycles. The first kappa shape index (κ1) is 19.8. The second-order valence-electron chi connectivity index (χ2n) is 5.43. The minimum atomic E-state index is -4.54. The molecule has 25 heavy (non-hydrogen) atoms. The van der Waals surface area contributed by atoms with E-state index in [9.17, 15) is 17.8 Å². The predicted molar refractivity (Wildman–Crippen MR) is 116 cm³/mol. The number of esters is 1. The van der Waals surface area contributed by atoms with Crippen molar-refractivity contribution >= 4 is 83.9 Å². The molecule has 0 aromatic heterocycles. The molecule has 0 bridgehead atoms. The molecular formula is C16H10I3O5S-. The topological polar surface area (TPSA) is 83.5 Å². The quantitative estimate of drug-likeness (QED) is 0.159. The third-order valence-electron chi connectivity index (χ3n) is 3.92. The highest BCUT2D eigenvalue weighted by molar-refractivity contribution is 14.1. The summed E-state index contributed by atoms with van der Waals surface area (Å²) in [4.78, 5) is 12.5. The Morgan fingerprint density at radius 1 is 1.00 bits per heavy atom. The predicted octanol–water partition coefficient (Wildman–Crippen LogP) is 4.11. The highest BCUT2D eigenvalue weighted by atomic mass is 127. The van der Waals surface area contributed by atoms with Crippen molar-refractivity contribution in [3.05, 3.63) is 51.7 Å². The Labute approximate surface area is 186 Å². The minimum Gasteiger partial charge on any atom is -0.744 e. The van der Waals surface area contributed by atoms with Gasteiger partial charge in [0.1, 0.15) is 15.9 Å². The van der Waals surface area contributed by atoms with Crippen LogP contribution >= 0.6 is 67.8 Å². The van der Waals surface area contributed by atoms with Gasteiger partial charge in [-0.15, -0.1) is 0 Å². The molecule has 132 valence electrons. The molecule has 0 spiro atoms. The molecule has 0 radical (unpaired) electrons. The molecule has 1 aliphatic carbocycles. The maximum absolute atomic E-state index is 12.7. The van der Waals surface area contributed by atoms with Gasteiger partial charge >= 0.3 is 5.97 Å². The highest BCUT2D eigenvalue weighted by Gasteiger charge is 2.25. The molecule has 2 aromatic rings. The van der Waals surface area contributed by atoms with Gasteiger partial charge < -0.3 is 9.29 Å². The van der Waals surface area contributed by atoms with Crippen LogP contribution < -0.4 is 4.74 Å². The lowest BCUT2D eigenvalue weighted by Gasteiger charge is -2.16. The van der Waals surface area contributed by atoms with Crippen molar-refractivity contribution in [1.29, 1.82) is 0 Å². The van der Waals surface area contributed by atoms with Crippen molar-refractivity contribution in [1.82, 2.24) is 0 Å². The molecular weight excluding hydrogens is 685 g/mol. The van der Waals surface area contributed by atoms with Gasteiger partial charge in [-0.1, -0.05) is 0 Å². The van der Waals surface area contributed by atoms with Crippen LogP contribution in [0.1, 0.15) is 27.9 Å². The lowest BCUT2D eigenvalue weighted by atomic mass is 10.1. The summed E-state index contributed by atoms with van der Waals surface area (Å²) < 4.78 is 42.3. The van der Waals surface area contributed by atoms with Crippen LogP contribution in [0.15, 0.2) is 29.2 Å². The van der Waals surface area contributed by atoms with Crippen LogP contribution in [0.3, 0.4) is 0 Å². The van der Waals surface area contributed by atoms with Gasteiger partial charge in [0.15, 0.2) is 0 Å². The minimum absolute atomic E-state index is 0.210. The molecule has 0 saturated heterocycles. The summed E-state index contributed by atoms with van der Waals surface area (Å²) in [5.74, 6) is -0.158. The van der Waals surface area contributed by atoms with Gasteiger partial charge in [-0.3, -0.25) is 0 Å². The van der Waals surface area contributed by atoms with E-state index < -0.39 is 16.1 Å². The van der Waals surface area contributed by atoms with Gasteiger partial charge in [0, 0.05) is 10.7 Å². The van der Waals surface area contributed by atoms with Crippen LogP contribution in [0.4, 0.5) is 0 Å². The fourth-order valence-electron chi connectivity index (χ4n) is 2.84. The van der Waals surface area contributed by atoms with Crippen molar-refractivity contribution in [3.63, 3.8) is 0 Å². The van der Waals surface area contributed by atoms with Gasteiger partial charge in [-0.05, 0) is 122 Å². The Bertz CT molecular complexity index is 986. The average Bonchev–Trinajstić information content (AvgIpc) is 3.00. The lowest BCUT2D eigenvalue weighted by Crippen LogP contribution is -2.14. The van der Waals surface area contributed by atoms with Crippen LogP contribution in [0, 0.1) is 10.7 Å². The van der Waals surface area contributed by atoms with E-state index in [0.717, 1.165) is 17.1 Å². The van der Waals surface area contributed by atoms with E-state index in [1.807, 2.05) is 12.1 Å². The summed E-state index contributed by atoms with van der Waals surface area (Å²) in [5.41, 5.74) is 1.61. The first-order chi connectivity index (χ1) is 11.7. The van der Waals surface area contributed by atoms with Gasteiger partial charge in [-0.2, -0.15) is 0 Å². The van der Waals surface area contributed by atoms with Crippen LogP contribution in [-0.2, 0) is 23.0 Å².